The Morgan fingerprint density at radius 3 is 2.69 bits per heavy atom. The zero-order chi connectivity index (χ0) is 20.0. The third-order valence-electron chi connectivity index (χ3n) is 5.09. The second kappa shape index (κ2) is 6.84. The summed E-state index contributed by atoms with van der Waals surface area (Å²) in [6.07, 6.45) is 7.00. The summed E-state index contributed by atoms with van der Waals surface area (Å²) in [5.41, 5.74) is 1.29. The van der Waals surface area contributed by atoms with Gasteiger partial charge < -0.3 is 4.57 Å². The van der Waals surface area contributed by atoms with Gasteiger partial charge in [-0.05, 0) is 38.0 Å². The summed E-state index contributed by atoms with van der Waals surface area (Å²) in [7, 11) is 0. The fourth-order valence-electron chi connectivity index (χ4n) is 3.78. The molecule has 0 spiro atoms. The number of nitrogens with zero attached hydrogens (tertiary/aromatic N) is 6. The van der Waals surface area contributed by atoms with E-state index >= 15 is 0 Å². The van der Waals surface area contributed by atoms with Crippen LogP contribution in [-0.2, 0) is 6.42 Å². The molecule has 1 N–H and O–H groups in total. The summed E-state index contributed by atoms with van der Waals surface area (Å²) in [4.78, 5) is 20.7. The van der Waals surface area contributed by atoms with Crippen molar-refractivity contribution in [1.82, 2.24) is 29.5 Å². The van der Waals surface area contributed by atoms with Gasteiger partial charge >= 0.3 is 0 Å². The number of aromatic nitrogens is 6. The van der Waals surface area contributed by atoms with Crippen molar-refractivity contribution in [3.8, 4) is 11.3 Å². The van der Waals surface area contributed by atoms with Crippen LogP contribution >= 0.6 is 0 Å². The van der Waals surface area contributed by atoms with Crippen LogP contribution in [0.15, 0.2) is 36.8 Å². The highest BCUT2D eigenvalue weighted by molar-refractivity contribution is 5.83. The van der Waals surface area contributed by atoms with E-state index in [4.69, 9.17) is 0 Å². The number of rotatable bonds is 3. The average molecular weight is 393 g/mol. The van der Waals surface area contributed by atoms with E-state index in [-0.39, 0.29) is 23.6 Å². The minimum atomic E-state index is -0.644. The summed E-state index contributed by atoms with van der Waals surface area (Å²) in [5.74, 6) is 0.129. The molecule has 0 amide bonds. The van der Waals surface area contributed by atoms with E-state index in [1.807, 2.05) is 4.57 Å². The Balaban J connectivity index is 1.62. The maximum absolute atomic E-state index is 14.8. The molecular formula is C20H17F2N7. The monoisotopic (exact) mass is 393 g/mol. The maximum Gasteiger partial charge on any atom is 0.230 e. The highest BCUT2D eigenvalue weighted by Gasteiger charge is 2.23. The molecule has 0 saturated heterocycles. The van der Waals surface area contributed by atoms with Crippen LogP contribution in [0.3, 0.4) is 0 Å². The second-order valence-electron chi connectivity index (χ2n) is 7.05. The topological polar surface area (TPSA) is 81.4 Å². The normalized spacial score (nSPS) is 16.0. The quantitative estimate of drug-likeness (QED) is 0.562. The standard InChI is InChI=1S/C20H17F2N7/c1-11-4-2-5-16-26-18-13(21)8-12(9-15(18)29(11)16)17-14(22)10-25-20(27-17)28-19-23-6-3-7-24-19/h3,6-11H,2,4-5H2,1H3,(H,23,24,25,27,28). The number of hydrogen-bond acceptors (Lipinski definition) is 6. The molecule has 29 heavy (non-hydrogen) atoms. The van der Waals surface area contributed by atoms with Crippen molar-refractivity contribution in [3.05, 3.63) is 54.2 Å². The molecule has 4 heterocycles. The van der Waals surface area contributed by atoms with Crippen molar-refractivity contribution in [2.75, 3.05) is 5.32 Å². The Morgan fingerprint density at radius 2 is 1.86 bits per heavy atom. The van der Waals surface area contributed by atoms with E-state index in [1.165, 1.54) is 6.07 Å². The van der Waals surface area contributed by atoms with Crippen LogP contribution < -0.4 is 5.32 Å². The second-order valence-corrected chi connectivity index (χ2v) is 7.05. The molecule has 5 rings (SSSR count). The SMILES string of the molecule is CC1CCCc2nc3c(F)cc(-c4nc(Nc5ncccn5)ncc4F)cc3n21. The van der Waals surface area contributed by atoms with Gasteiger partial charge in [-0.15, -0.1) is 0 Å². The van der Waals surface area contributed by atoms with Crippen LogP contribution in [0.4, 0.5) is 20.7 Å². The predicted octanol–water partition coefficient (Wildman–Crippen LogP) is 4.20. The number of fused-ring (bicyclic) bond motifs is 3. The smallest absolute Gasteiger partial charge is 0.230 e. The molecule has 1 aliphatic heterocycles. The number of anilines is 2. The summed E-state index contributed by atoms with van der Waals surface area (Å²) in [6, 6.07) is 4.89. The van der Waals surface area contributed by atoms with Crippen molar-refractivity contribution < 1.29 is 8.78 Å². The molecule has 0 bridgehead atoms. The lowest BCUT2D eigenvalue weighted by atomic mass is 10.1. The summed E-state index contributed by atoms with van der Waals surface area (Å²) >= 11 is 0. The minimum absolute atomic E-state index is 0.00163. The Kier molecular flexibility index (Phi) is 4.15. The fraction of sp³-hybridized carbons (Fsp3) is 0.250. The predicted molar refractivity (Wildman–Crippen MR) is 104 cm³/mol. The van der Waals surface area contributed by atoms with Gasteiger partial charge in [0.05, 0.1) is 11.7 Å². The molecule has 0 fully saturated rings. The first kappa shape index (κ1) is 17.6. The van der Waals surface area contributed by atoms with Gasteiger partial charge in [-0.25, -0.2) is 33.7 Å². The Hall–Kier alpha value is -3.49. The number of benzene rings is 1. The third-order valence-corrected chi connectivity index (χ3v) is 5.09. The Labute approximate surface area is 164 Å². The zero-order valence-corrected chi connectivity index (χ0v) is 15.6. The van der Waals surface area contributed by atoms with Gasteiger partial charge in [0, 0.05) is 30.4 Å². The van der Waals surface area contributed by atoms with E-state index < -0.39 is 11.6 Å². The summed E-state index contributed by atoms with van der Waals surface area (Å²) in [5, 5.41) is 2.82. The molecule has 0 aliphatic carbocycles. The van der Waals surface area contributed by atoms with Crippen molar-refractivity contribution in [2.24, 2.45) is 0 Å². The van der Waals surface area contributed by atoms with E-state index in [9.17, 15) is 8.78 Å². The van der Waals surface area contributed by atoms with Crippen molar-refractivity contribution in [3.63, 3.8) is 0 Å². The van der Waals surface area contributed by atoms with E-state index in [0.29, 0.717) is 16.6 Å². The zero-order valence-electron chi connectivity index (χ0n) is 15.6. The summed E-state index contributed by atoms with van der Waals surface area (Å²) < 4.78 is 31.4. The molecule has 1 atom stereocenters. The highest BCUT2D eigenvalue weighted by Crippen LogP contribution is 2.34. The lowest BCUT2D eigenvalue weighted by Gasteiger charge is -2.22. The number of halogens is 2. The molecule has 1 unspecified atom stereocenters. The molecule has 0 radical (unpaired) electrons. The summed E-state index contributed by atoms with van der Waals surface area (Å²) in [6.45, 7) is 2.08. The molecule has 9 heteroatoms. The van der Waals surface area contributed by atoms with E-state index in [0.717, 1.165) is 31.3 Å². The molecular weight excluding hydrogens is 376 g/mol. The number of hydrogen-bond donors (Lipinski definition) is 1. The molecule has 1 aliphatic rings. The first-order valence-electron chi connectivity index (χ1n) is 9.37. The van der Waals surface area contributed by atoms with Gasteiger partial charge in [0.1, 0.15) is 17.0 Å². The van der Waals surface area contributed by atoms with Crippen LogP contribution in [0.5, 0.6) is 0 Å². The Morgan fingerprint density at radius 1 is 1.03 bits per heavy atom. The number of nitrogens with one attached hydrogen (secondary N) is 1. The Bertz CT molecular complexity index is 1210. The van der Waals surface area contributed by atoms with Crippen LogP contribution in [0.2, 0.25) is 0 Å². The van der Waals surface area contributed by atoms with E-state index in [2.05, 4.69) is 37.2 Å². The number of aryl methyl sites for hydroxylation is 1. The first-order chi connectivity index (χ1) is 14.1. The lowest BCUT2D eigenvalue weighted by molar-refractivity contribution is 0.436. The lowest BCUT2D eigenvalue weighted by Crippen LogP contribution is -2.15. The molecule has 0 saturated carbocycles. The van der Waals surface area contributed by atoms with Crippen molar-refractivity contribution in [2.45, 2.75) is 32.2 Å². The first-order valence-corrected chi connectivity index (χ1v) is 9.37. The van der Waals surface area contributed by atoms with Crippen LogP contribution in [0, 0.1) is 11.6 Å². The van der Waals surface area contributed by atoms with Crippen molar-refractivity contribution in [1.29, 1.82) is 0 Å². The average Bonchev–Trinajstić information content (AvgIpc) is 3.11. The molecule has 1 aromatic carbocycles. The third kappa shape index (κ3) is 3.08. The fourth-order valence-corrected chi connectivity index (χ4v) is 3.78. The van der Waals surface area contributed by atoms with Gasteiger partial charge in [0.2, 0.25) is 11.9 Å². The number of imidazole rings is 1. The van der Waals surface area contributed by atoms with Gasteiger partial charge in [0.15, 0.2) is 11.6 Å². The van der Waals surface area contributed by atoms with Gasteiger partial charge in [0.25, 0.3) is 0 Å². The van der Waals surface area contributed by atoms with E-state index in [1.54, 1.807) is 24.5 Å². The van der Waals surface area contributed by atoms with Gasteiger partial charge in [-0.3, -0.25) is 5.32 Å². The van der Waals surface area contributed by atoms with Crippen LogP contribution in [0.1, 0.15) is 31.6 Å². The maximum atomic E-state index is 14.8. The van der Waals surface area contributed by atoms with Gasteiger partial charge in [-0.1, -0.05) is 0 Å². The van der Waals surface area contributed by atoms with Gasteiger partial charge in [-0.2, -0.15) is 0 Å². The minimum Gasteiger partial charge on any atom is -0.325 e. The van der Waals surface area contributed by atoms with Crippen molar-refractivity contribution >= 4 is 22.9 Å². The molecule has 4 aromatic rings. The highest BCUT2D eigenvalue weighted by atomic mass is 19.1. The molecule has 7 nitrogen and oxygen atoms in total. The molecule has 3 aromatic heterocycles. The molecule has 146 valence electrons. The van der Waals surface area contributed by atoms with Crippen LogP contribution in [-0.4, -0.2) is 29.5 Å². The largest absolute Gasteiger partial charge is 0.325 e. The van der Waals surface area contributed by atoms with Crippen LogP contribution in [0.25, 0.3) is 22.3 Å².